The molecule has 138 valence electrons. The van der Waals surface area contributed by atoms with Crippen LogP contribution in [-0.2, 0) is 16.6 Å². The molecule has 0 atom stereocenters. The summed E-state index contributed by atoms with van der Waals surface area (Å²) in [5, 5.41) is 2.84. The second-order valence-electron chi connectivity index (χ2n) is 5.97. The molecule has 3 rings (SSSR count). The topological polar surface area (TPSA) is 66.5 Å². The average molecular weight is 380 g/mol. The highest BCUT2D eigenvalue weighted by atomic mass is 32.2. The molecule has 0 heterocycles. The van der Waals surface area contributed by atoms with E-state index in [9.17, 15) is 13.2 Å². The van der Waals surface area contributed by atoms with E-state index in [0.29, 0.717) is 17.8 Å². The van der Waals surface area contributed by atoms with Crippen LogP contribution < -0.4 is 9.62 Å². The maximum absolute atomic E-state index is 12.9. The largest absolute Gasteiger partial charge is 0.348 e. The maximum atomic E-state index is 12.9. The fourth-order valence-corrected chi connectivity index (χ4v) is 3.93. The number of nitrogens with zero attached hydrogens (tertiary/aromatic N) is 1. The van der Waals surface area contributed by atoms with Gasteiger partial charge in [-0.05, 0) is 29.8 Å². The summed E-state index contributed by atoms with van der Waals surface area (Å²) in [7, 11) is -2.31. The van der Waals surface area contributed by atoms with Crippen LogP contribution in [0.5, 0.6) is 0 Å². The van der Waals surface area contributed by atoms with Gasteiger partial charge in [0.2, 0.25) is 0 Å². The number of hydrogen-bond acceptors (Lipinski definition) is 3. The zero-order valence-electron chi connectivity index (χ0n) is 14.9. The molecule has 27 heavy (non-hydrogen) atoms. The number of rotatable bonds is 6. The monoisotopic (exact) mass is 380 g/mol. The van der Waals surface area contributed by atoms with Gasteiger partial charge in [-0.2, -0.15) is 0 Å². The lowest BCUT2D eigenvalue weighted by Gasteiger charge is -2.22. The number of carbonyl (C=O) groups excluding carboxylic acids is 1. The first-order valence-corrected chi connectivity index (χ1v) is 9.89. The third-order valence-electron chi connectivity index (χ3n) is 4.19. The van der Waals surface area contributed by atoms with Crippen molar-refractivity contribution in [3.05, 3.63) is 96.1 Å². The highest BCUT2D eigenvalue weighted by Crippen LogP contribution is 2.25. The predicted molar refractivity (Wildman–Crippen MR) is 106 cm³/mol. The van der Waals surface area contributed by atoms with Crippen molar-refractivity contribution in [3.8, 4) is 0 Å². The van der Waals surface area contributed by atoms with Crippen LogP contribution in [0.4, 0.5) is 5.69 Å². The predicted octanol–water partition coefficient (Wildman–Crippen LogP) is 3.44. The van der Waals surface area contributed by atoms with E-state index in [0.717, 1.165) is 9.87 Å². The van der Waals surface area contributed by atoms with Crippen LogP contribution >= 0.6 is 0 Å². The number of hydrogen-bond donors (Lipinski definition) is 1. The molecule has 0 saturated carbocycles. The van der Waals surface area contributed by atoms with Crippen molar-refractivity contribution in [1.29, 1.82) is 0 Å². The molecule has 0 fully saturated rings. The summed E-state index contributed by atoms with van der Waals surface area (Å²) in [6.45, 7) is 0.364. The fraction of sp³-hybridized carbons (Fsp3) is 0.0952. The Kier molecular flexibility index (Phi) is 5.57. The van der Waals surface area contributed by atoms with Gasteiger partial charge in [-0.15, -0.1) is 0 Å². The second-order valence-corrected chi connectivity index (χ2v) is 7.94. The lowest BCUT2D eigenvalue weighted by Crippen LogP contribution is -2.30. The normalized spacial score (nSPS) is 11.0. The SMILES string of the molecule is CN(c1ccccc1C(=O)NCc1ccccc1)S(=O)(=O)c1ccccc1. The van der Waals surface area contributed by atoms with Crippen molar-refractivity contribution in [2.75, 3.05) is 11.4 Å². The Balaban J connectivity index is 1.86. The number of sulfonamides is 1. The minimum absolute atomic E-state index is 0.173. The van der Waals surface area contributed by atoms with Crippen LogP contribution in [0.25, 0.3) is 0 Å². The first-order chi connectivity index (χ1) is 13.0. The smallest absolute Gasteiger partial charge is 0.264 e. The number of nitrogens with one attached hydrogen (secondary N) is 1. The molecule has 0 unspecified atom stereocenters. The van der Waals surface area contributed by atoms with Gasteiger partial charge in [0.15, 0.2) is 0 Å². The molecule has 0 radical (unpaired) electrons. The summed E-state index contributed by atoms with van der Waals surface area (Å²) in [6.07, 6.45) is 0. The van der Waals surface area contributed by atoms with Crippen LogP contribution in [0.2, 0.25) is 0 Å². The van der Waals surface area contributed by atoms with Crippen molar-refractivity contribution in [2.45, 2.75) is 11.4 Å². The molecule has 0 bridgehead atoms. The zero-order valence-corrected chi connectivity index (χ0v) is 15.7. The minimum atomic E-state index is -3.76. The van der Waals surface area contributed by atoms with Gasteiger partial charge in [-0.3, -0.25) is 9.10 Å². The fourth-order valence-electron chi connectivity index (χ4n) is 2.69. The lowest BCUT2D eigenvalue weighted by molar-refractivity contribution is 0.0951. The van der Waals surface area contributed by atoms with Gasteiger partial charge in [-0.25, -0.2) is 8.42 Å². The van der Waals surface area contributed by atoms with E-state index < -0.39 is 10.0 Å². The average Bonchev–Trinajstić information content (AvgIpc) is 2.73. The summed E-state index contributed by atoms with van der Waals surface area (Å²) < 4.78 is 26.9. The van der Waals surface area contributed by atoms with Gasteiger partial charge in [0.25, 0.3) is 15.9 Å². The van der Waals surface area contributed by atoms with E-state index >= 15 is 0 Å². The second kappa shape index (κ2) is 8.05. The Labute approximate surface area is 159 Å². The summed E-state index contributed by atoms with van der Waals surface area (Å²) in [5.74, 6) is -0.329. The van der Waals surface area contributed by atoms with Crippen LogP contribution in [0, 0.1) is 0 Å². The summed E-state index contributed by atoms with van der Waals surface area (Å²) in [4.78, 5) is 12.8. The Morgan fingerprint density at radius 1 is 0.852 bits per heavy atom. The van der Waals surface area contributed by atoms with E-state index in [-0.39, 0.29) is 10.8 Å². The molecule has 1 N–H and O–H groups in total. The molecule has 6 heteroatoms. The van der Waals surface area contributed by atoms with Crippen LogP contribution in [0.3, 0.4) is 0 Å². The highest BCUT2D eigenvalue weighted by Gasteiger charge is 2.24. The van der Waals surface area contributed by atoms with E-state index in [4.69, 9.17) is 0 Å². The van der Waals surface area contributed by atoms with Gasteiger partial charge in [-0.1, -0.05) is 60.7 Å². The Bertz CT molecular complexity index is 1020. The lowest BCUT2D eigenvalue weighted by atomic mass is 10.1. The highest BCUT2D eigenvalue weighted by molar-refractivity contribution is 7.92. The van der Waals surface area contributed by atoms with Gasteiger partial charge >= 0.3 is 0 Å². The van der Waals surface area contributed by atoms with Crippen molar-refractivity contribution >= 4 is 21.6 Å². The van der Waals surface area contributed by atoms with E-state index in [1.807, 2.05) is 30.3 Å². The molecule has 0 aliphatic carbocycles. The maximum Gasteiger partial charge on any atom is 0.264 e. The van der Waals surface area contributed by atoms with Gasteiger partial charge in [0.1, 0.15) is 0 Å². The number of benzene rings is 3. The summed E-state index contributed by atoms with van der Waals surface area (Å²) >= 11 is 0. The zero-order chi connectivity index (χ0) is 19.3. The molecule has 0 aliphatic rings. The van der Waals surface area contributed by atoms with E-state index in [1.165, 1.54) is 19.2 Å². The number of amides is 1. The summed E-state index contributed by atoms with van der Waals surface area (Å²) in [6, 6.07) is 24.3. The van der Waals surface area contributed by atoms with Gasteiger partial charge < -0.3 is 5.32 Å². The van der Waals surface area contributed by atoms with E-state index in [1.54, 1.807) is 42.5 Å². The molecule has 0 saturated heterocycles. The van der Waals surface area contributed by atoms with Crippen molar-refractivity contribution in [2.24, 2.45) is 0 Å². The first kappa shape index (κ1) is 18.7. The van der Waals surface area contributed by atoms with Gasteiger partial charge in [0.05, 0.1) is 16.1 Å². The molecular weight excluding hydrogens is 360 g/mol. The third kappa shape index (κ3) is 4.17. The Hall–Kier alpha value is -3.12. The molecule has 3 aromatic carbocycles. The molecule has 0 spiro atoms. The van der Waals surface area contributed by atoms with Crippen LogP contribution in [-0.4, -0.2) is 21.4 Å². The summed E-state index contributed by atoms with van der Waals surface area (Å²) in [5.41, 5.74) is 1.59. The number of para-hydroxylation sites is 1. The van der Waals surface area contributed by atoms with Crippen molar-refractivity contribution in [1.82, 2.24) is 5.32 Å². The molecule has 5 nitrogen and oxygen atoms in total. The first-order valence-electron chi connectivity index (χ1n) is 8.45. The van der Waals surface area contributed by atoms with Gasteiger partial charge in [0, 0.05) is 13.6 Å². The quantitative estimate of drug-likeness (QED) is 0.712. The Morgan fingerprint density at radius 3 is 2.07 bits per heavy atom. The minimum Gasteiger partial charge on any atom is -0.348 e. The molecule has 0 aromatic heterocycles. The third-order valence-corrected chi connectivity index (χ3v) is 5.97. The van der Waals surface area contributed by atoms with Crippen molar-refractivity contribution in [3.63, 3.8) is 0 Å². The molecule has 1 amide bonds. The van der Waals surface area contributed by atoms with Crippen LogP contribution in [0.15, 0.2) is 89.8 Å². The van der Waals surface area contributed by atoms with Crippen molar-refractivity contribution < 1.29 is 13.2 Å². The Morgan fingerprint density at radius 2 is 1.41 bits per heavy atom. The van der Waals surface area contributed by atoms with E-state index in [2.05, 4.69) is 5.32 Å². The standard InChI is InChI=1S/C21H20N2O3S/c1-23(27(25,26)18-12-6-3-7-13-18)20-15-9-8-14-19(20)21(24)22-16-17-10-4-2-5-11-17/h2-15H,16H2,1H3,(H,22,24). The number of anilines is 1. The van der Waals surface area contributed by atoms with Crippen LogP contribution in [0.1, 0.15) is 15.9 Å². The molecule has 0 aliphatic heterocycles. The molecular formula is C21H20N2O3S. The number of carbonyl (C=O) groups is 1. The molecule has 3 aromatic rings.